The molecule has 0 saturated carbocycles. The highest BCUT2D eigenvalue weighted by Crippen LogP contribution is 2.30. The van der Waals surface area contributed by atoms with Gasteiger partial charge in [-0.05, 0) is 37.1 Å². The minimum atomic E-state index is -0.660. The fraction of sp³-hybridized carbons (Fsp3) is 0.227. The van der Waals surface area contributed by atoms with Gasteiger partial charge in [-0.2, -0.15) is 10.2 Å². The summed E-state index contributed by atoms with van der Waals surface area (Å²) in [5, 5.41) is 19.2. The molecular weight excluding hydrogens is 366 g/mol. The molecule has 4 aromatic rings. The van der Waals surface area contributed by atoms with Crippen LogP contribution in [0.25, 0.3) is 22.0 Å². The highest BCUT2D eigenvalue weighted by Gasteiger charge is 2.23. The summed E-state index contributed by atoms with van der Waals surface area (Å²) in [6.45, 7) is 4.04. The Bertz CT molecular complexity index is 1180. The average Bonchev–Trinajstić information content (AvgIpc) is 3.26. The third-order valence-corrected chi connectivity index (χ3v) is 5.37. The fourth-order valence-electron chi connectivity index (χ4n) is 3.85. The molecule has 0 radical (unpaired) electrons. The first-order valence-electron chi connectivity index (χ1n) is 9.45. The standard InChI is InChI=1S/C22H23N5O2/c1-14-21(15(2)26(3)24-14)17-9-10-19-18(12-17)13-23-27(19)20(22(28)25-29)11-16-7-5-4-6-8-16/h4-10,12-13,20,29H,11H2,1-3H3,(H,25,28). The third-order valence-electron chi connectivity index (χ3n) is 5.37. The Morgan fingerprint density at radius 1 is 1.17 bits per heavy atom. The zero-order valence-corrected chi connectivity index (χ0v) is 16.6. The molecule has 1 amide bonds. The molecule has 2 heterocycles. The number of rotatable bonds is 5. The molecule has 1 unspecified atom stereocenters. The molecule has 1 atom stereocenters. The number of carbonyl (C=O) groups is 1. The van der Waals surface area contributed by atoms with E-state index in [1.807, 2.05) is 68.0 Å². The van der Waals surface area contributed by atoms with Gasteiger partial charge in [0.15, 0.2) is 0 Å². The van der Waals surface area contributed by atoms with Crippen molar-refractivity contribution >= 4 is 16.8 Å². The summed E-state index contributed by atoms with van der Waals surface area (Å²) >= 11 is 0. The number of hydrogen-bond acceptors (Lipinski definition) is 4. The highest BCUT2D eigenvalue weighted by molar-refractivity contribution is 5.88. The first-order chi connectivity index (χ1) is 14.0. The Morgan fingerprint density at radius 3 is 2.59 bits per heavy atom. The number of aromatic nitrogens is 4. The molecule has 0 aliphatic rings. The van der Waals surface area contributed by atoms with Crippen LogP contribution < -0.4 is 5.48 Å². The lowest BCUT2D eigenvalue weighted by atomic mass is 10.0. The molecule has 2 aromatic carbocycles. The topological polar surface area (TPSA) is 85.0 Å². The van der Waals surface area contributed by atoms with Crippen molar-refractivity contribution in [1.29, 1.82) is 0 Å². The van der Waals surface area contributed by atoms with Crippen molar-refractivity contribution in [3.8, 4) is 11.1 Å². The molecular formula is C22H23N5O2. The number of fused-ring (bicyclic) bond motifs is 1. The molecule has 29 heavy (non-hydrogen) atoms. The summed E-state index contributed by atoms with van der Waals surface area (Å²) in [5.41, 5.74) is 7.84. The van der Waals surface area contributed by atoms with Crippen LogP contribution >= 0.6 is 0 Å². The van der Waals surface area contributed by atoms with Crippen LogP contribution in [0.2, 0.25) is 0 Å². The molecule has 0 fully saturated rings. The van der Waals surface area contributed by atoms with Crippen molar-refractivity contribution in [3.63, 3.8) is 0 Å². The van der Waals surface area contributed by atoms with Crippen molar-refractivity contribution in [2.75, 3.05) is 0 Å². The zero-order valence-electron chi connectivity index (χ0n) is 16.6. The van der Waals surface area contributed by atoms with Gasteiger partial charge in [-0.1, -0.05) is 36.4 Å². The molecule has 4 rings (SSSR count). The second-order valence-corrected chi connectivity index (χ2v) is 7.21. The monoisotopic (exact) mass is 389 g/mol. The normalized spacial score (nSPS) is 12.3. The van der Waals surface area contributed by atoms with Crippen molar-refractivity contribution < 1.29 is 10.0 Å². The van der Waals surface area contributed by atoms with E-state index >= 15 is 0 Å². The maximum absolute atomic E-state index is 12.4. The van der Waals surface area contributed by atoms with Crippen LogP contribution in [0.4, 0.5) is 0 Å². The van der Waals surface area contributed by atoms with Gasteiger partial charge in [-0.25, -0.2) is 5.48 Å². The third kappa shape index (κ3) is 3.40. The van der Waals surface area contributed by atoms with E-state index in [1.165, 1.54) is 0 Å². The van der Waals surface area contributed by atoms with Gasteiger partial charge in [0.05, 0.1) is 17.4 Å². The quantitative estimate of drug-likeness (QED) is 0.405. The van der Waals surface area contributed by atoms with E-state index in [0.29, 0.717) is 6.42 Å². The van der Waals surface area contributed by atoms with Gasteiger partial charge >= 0.3 is 0 Å². The van der Waals surface area contributed by atoms with Crippen LogP contribution in [-0.2, 0) is 18.3 Å². The SMILES string of the molecule is Cc1nn(C)c(C)c1-c1ccc2c(cnn2C(Cc2ccccc2)C(=O)NO)c1. The van der Waals surface area contributed by atoms with Crippen LogP contribution in [0.15, 0.2) is 54.7 Å². The van der Waals surface area contributed by atoms with E-state index in [9.17, 15) is 10.0 Å². The molecule has 0 aliphatic heterocycles. The highest BCUT2D eigenvalue weighted by atomic mass is 16.5. The first kappa shape index (κ1) is 18.9. The summed E-state index contributed by atoms with van der Waals surface area (Å²) in [7, 11) is 1.93. The molecule has 2 aromatic heterocycles. The smallest absolute Gasteiger partial charge is 0.268 e. The zero-order chi connectivity index (χ0) is 20.5. The van der Waals surface area contributed by atoms with Gasteiger partial charge in [0, 0.05) is 30.1 Å². The van der Waals surface area contributed by atoms with Crippen LogP contribution in [0.5, 0.6) is 0 Å². The van der Waals surface area contributed by atoms with Crippen molar-refractivity contribution in [1.82, 2.24) is 25.0 Å². The Hall–Kier alpha value is -3.45. The van der Waals surface area contributed by atoms with Gasteiger partial charge in [-0.15, -0.1) is 0 Å². The van der Waals surface area contributed by atoms with Gasteiger partial charge in [0.25, 0.3) is 5.91 Å². The van der Waals surface area contributed by atoms with Gasteiger partial charge < -0.3 is 0 Å². The number of benzene rings is 2. The minimum absolute atomic E-state index is 0.423. The largest absolute Gasteiger partial charge is 0.289 e. The van der Waals surface area contributed by atoms with Crippen LogP contribution in [-0.4, -0.2) is 30.7 Å². The summed E-state index contributed by atoms with van der Waals surface area (Å²) in [5.74, 6) is -0.498. The van der Waals surface area contributed by atoms with Crippen molar-refractivity contribution in [2.45, 2.75) is 26.3 Å². The minimum Gasteiger partial charge on any atom is -0.289 e. The van der Waals surface area contributed by atoms with Gasteiger partial charge in [-0.3, -0.25) is 19.4 Å². The van der Waals surface area contributed by atoms with E-state index < -0.39 is 11.9 Å². The lowest BCUT2D eigenvalue weighted by Crippen LogP contribution is -2.32. The number of amides is 1. The van der Waals surface area contributed by atoms with Crippen molar-refractivity contribution in [2.24, 2.45) is 7.05 Å². The molecule has 0 spiro atoms. The number of carbonyl (C=O) groups excluding carboxylic acids is 1. The molecule has 148 valence electrons. The molecule has 7 heteroatoms. The number of hydroxylamine groups is 1. The number of aryl methyl sites for hydroxylation is 2. The summed E-state index contributed by atoms with van der Waals surface area (Å²) in [6, 6.07) is 15.1. The van der Waals surface area contributed by atoms with E-state index in [1.54, 1.807) is 16.4 Å². The van der Waals surface area contributed by atoms with E-state index in [0.717, 1.165) is 39.0 Å². The molecule has 0 bridgehead atoms. The number of nitrogens with zero attached hydrogens (tertiary/aromatic N) is 4. The molecule has 0 aliphatic carbocycles. The predicted octanol–water partition coefficient (Wildman–Crippen LogP) is 3.34. The van der Waals surface area contributed by atoms with Crippen LogP contribution in [0, 0.1) is 13.8 Å². The molecule has 0 saturated heterocycles. The summed E-state index contributed by atoms with van der Waals surface area (Å²) in [4.78, 5) is 12.4. The number of nitrogens with one attached hydrogen (secondary N) is 1. The molecule has 2 N–H and O–H groups in total. The lowest BCUT2D eigenvalue weighted by molar-refractivity contribution is -0.132. The first-order valence-corrected chi connectivity index (χ1v) is 9.45. The average molecular weight is 389 g/mol. The van der Waals surface area contributed by atoms with Crippen molar-refractivity contribution in [3.05, 3.63) is 71.7 Å². The predicted molar refractivity (Wildman–Crippen MR) is 111 cm³/mol. The maximum atomic E-state index is 12.4. The number of hydrogen-bond donors (Lipinski definition) is 2. The van der Waals surface area contributed by atoms with E-state index in [4.69, 9.17) is 0 Å². The maximum Gasteiger partial charge on any atom is 0.268 e. The lowest BCUT2D eigenvalue weighted by Gasteiger charge is -2.17. The van der Waals surface area contributed by atoms with Gasteiger partial charge in [0.1, 0.15) is 6.04 Å². The van der Waals surface area contributed by atoms with E-state index in [-0.39, 0.29) is 0 Å². The Balaban J connectivity index is 1.76. The second-order valence-electron chi connectivity index (χ2n) is 7.21. The summed E-state index contributed by atoms with van der Waals surface area (Å²) < 4.78 is 3.54. The fourth-order valence-corrected chi connectivity index (χ4v) is 3.85. The Kier molecular flexibility index (Phi) is 4.90. The van der Waals surface area contributed by atoms with Crippen LogP contribution in [0.3, 0.4) is 0 Å². The molecule has 7 nitrogen and oxygen atoms in total. The second kappa shape index (κ2) is 7.52. The Labute approximate surface area is 168 Å². The summed E-state index contributed by atoms with van der Waals surface area (Å²) in [6.07, 6.45) is 2.18. The van der Waals surface area contributed by atoms with Gasteiger partial charge in [0.2, 0.25) is 0 Å². The Morgan fingerprint density at radius 2 is 1.93 bits per heavy atom. The van der Waals surface area contributed by atoms with E-state index in [2.05, 4.69) is 16.3 Å². The van der Waals surface area contributed by atoms with Crippen LogP contribution in [0.1, 0.15) is 23.0 Å².